The summed E-state index contributed by atoms with van der Waals surface area (Å²) in [6.45, 7) is 3.01. The van der Waals surface area contributed by atoms with E-state index in [4.69, 9.17) is 4.74 Å². The Morgan fingerprint density at radius 2 is 2.00 bits per heavy atom. The van der Waals surface area contributed by atoms with Crippen LogP contribution < -0.4 is 5.32 Å². The van der Waals surface area contributed by atoms with Crippen molar-refractivity contribution in [1.29, 1.82) is 0 Å². The van der Waals surface area contributed by atoms with Crippen LogP contribution in [0.3, 0.4) is 0 Å². The second kappa shape index (κ2) is 6.49. The number of hydrogen-bond donors (Lipinski definition) is 1. The number of hydrogen-bond acceptors (Lipinski definition) is 4. The van der Waals surface area contributed by atoms with Crippen LogP contribution in [-0.2, 0) is 9.53 Å². The standard InChI is InChI=1S/C15H14FNO3S/c1-9-3-4-11(7-12(9)16)17-13(18)8-20-15(19)14-10(2)5-6-21-14/h3-7H,8H2,1-2H3,(H,17,18). The zero-order valence-corrected chi connectivity index (χ0v) is 12.4. The highest BCUT2D eigenvalue weighted by molar-refractivity contribution is 7.12. The summed E-state index contributed by atoms with van der Waals surface area (Å²) < 4.78 is 18.3. The first-order valence-electron chi connectivity index (χ1n) is 6.24. The van der Waals surface area contributed by atoms with Gasteiger partial charge in [0.15, 0.2) is 6.61 Å². The third-order valence-corrected chi connectivity index (χ3v) is 3.83. The van der Waals surface area contributed by atoms with Gasteiger partial charge < -0.3 is 10.1 Å². The van der Waals surface area contributed by atoms with Crippen LogP contribution in [0.25, 0.3) is 0 Å². The van der Waals surface area contributed by atoms with Crippen molar-refractivity contribution in [3.63, 3.8) is 0 Å². The minimum absolute atomic E-state index is 0.325. The van der Waals surface area contributed by atoms with Crippen molar-refractivity contribution in [1.82, 2.24) is 0 Å². The number of carbonyl (C=O) groups excluding carboxylic acids is 2. The molecule has 2 rings (SSSR count). The van der Waals surface area contributed by atoms with Crippen molar-refractivity contribution in [2.24, 2.45) is 0 Å². The number of anilines is 1. The van der Waals surface area contributed by atoms with Crippen LogP contribution in [0.1, 0.15) is 20.8 Å². The number of aryl methyl sites for hydroxylation is 2. The van der Waals surface area contributed by atoms with E-state index < -0.39 is 24.3 Å². The van der Waals surface area contributed by atoms with Crippen molar-refractivity contribution in [2.75, 3.05) is 11.9 Å². The zero-order valence-electron chi connectivity index (χ0n) is 11.6. The monoisotopic (exact) mass is 307 g/mol. The fourth-order valence-corrected chi connectivity index (χ4v) is 2.46. The quantitative estimate of drug-likeness (QED) is 0.882. The molecular weight excluding hydrogens is 293 g/mol. The van der Waals surface area contributed by atoms with Gasteiger partial charge >= 0.3 is 5.97 Å². The average molecular weight is 307 g/mol. The molecule has 2 aromatic rings. The molecule has 21 heavy (non-hydrogen) atoms. The molecule has 0 saturated heterocycles. The van der Waals surface area contributed by atoms with Crippen LogP contribution in [0.4, 0.5) is 10.1 Å². The van der Waals surface area contributed by atoms with Crippen molar-refractivity contribution in [3.05, 3.63) is 51.5 Å². The van der Waals surface area contributed by atoms with Gasteiger partial charge in [0.05, 0.1) is 0 Å². The molecule has 0 bridgehead atoms. The van der Waals surface area contributed by atoms with E-state index in [1.165, 1.54) is 17.4 Å². The third kappa shape index (κ3) is 3.88. The molecule has 0 spiro atoms. The Kier molecular flexibility index (Phi) is 4.70. The molecule has 0 unspecified atom stereocenters. The van der Waals surface area contributed by atoms with Crippen molar-refractivity contribution >= 4 is 28.9 Å². The number of esters is 1. The summed E-state index contributed by atoms with van der Waals surface area (Å²) >= 11 is 1.26. The molecule has 6 heteroatoms. The molecule has 110 valence electrons. The molecule has 4 nitrogen and oxygen atoms in total. The Morgan fingerprint density at radius 3 is 2.62 bits per heavy atom. The fraction of sp³-hybridized carbons (Fsp3) is 0.200. The van der Waals surface area contributed by atoms with Crippen molar-refractivity contribution in [2.45, 2.75) is 13.8 Å². The Hall–Kier alpha value is -2.21. The Bertz CT molecular complexity index is 681. The number of thiophene rings is 1. The van der Waals surface area contributed by atoms with Crippen LogP contribution in [0.2, 0.25) is 0 Å². The van der Waals surface area contributed by atoms with Gasteiger partial charge in [-0.2, -0.15) is 0 Å². The van der Waals surface area contributed by atoms with Crippen molar-refractivity contribution < 1.29 is 18.7 Å². The highest BCUT2D eigenvalue weighted by Crippen LogP contribution is 2.17. The van der Waals surface area contributed by atoms with Gasteiger partial charge in [0.2, 0.25) is 0 Å². The maximum absolute atomic E-state index is 13.3. The maximum Gasteiger partial charge on any atom is 0.349 e. The molecule has 0 atom stereocenters. The van der Waals surface area contributed by atoms with Gasteiger partial charge in [-0.05, 0) is 48.6 Å². The molecule has 0 fully saturated rings. The second-order valence-corrected chi connectivity index (χ2v) is 5.44. The first-order valence-corrected chi connectivity index (χ1v) is 7.12. The number of nitrogens with one attached hydrogen (secondary N) is 1. The highest BCUT2D eigenvalue weighted by atomic mass is 32.1. The SMILES string of the molecule is Cc1ccc(NC(=O)COC(=O)c2sccc2C)cc1F. The first-order chi connectivity index (χ1) is 9.97. The van der Waals surface area contributed by atoms with Crippen LogP contribution in [0, 0.1) is 19.7 Å². The fourth-order valence-electron chi connectivity index (χ4n) is 1.65. The molecule has 1 aromatic heterocycles. The largest absolute Gasteiger partial charge is 0.451 e. The summed E-state index contributed by atoms with van der Waals surface area (Å²) in [5.41, 5.74) is 1.63. The summed E-state index contributed by atoms with van der Waals surface area (Å²) in [7, 11) is 0. The summed E-state index contributed by atoms with van der Waals surface area (Å²) in [5.74, 6) is -1.45. The molecule has 1 heterocycles. The van der Waals surface area contributed by atoms with Gasteiger partial charge in [-0.3, -0.25) is 4.79 Å². The number of halogens is 1. The van der Waals surface area contributed by atoms with Crippen LogP contribution in [0.15, 0.2) is 29.6 Å². The zero-order chi connectivity index (χ0) is 15.4. The highest BCUT2D eigenvalue weighted by Gasteiger charge is 2.14. The van der Waals surface area contributed by atoms with Gasteiger partial charge in [-0.1, -0.05) is 6.07 Å². The predicted octanol–water partition coefficient (Wildman–Crippen LogP) is 3.30. The molecule has 0 aliphatic carbocycles. The summed E-state index contributed by atoms with van der Waals surface area (Å²) in [6.07, 6.45) is 0. The lowest BCUT2D eigenvalue weighted by atomic mass is 10.2. The van der Waals surface area contributed by atoms with Gasteiger partial charge in [0.25, 0.3) is 5.91 Å². The summed E-state index contributed by atoms with van der Waals surface area (Å²) in [5, 5.41) is 4.25. The van der Waals surface area contributed by atoms with Crippen LogP contribution >= 0.6 is 11.3 Å². The van der Waals surface area contributed by atoms with E-state index in [-0.39, 0.29) is 0 Å². The maximum atomic E-state index is 13.3. The van der Waals surface area contributed by atoms with Gasteiger partial charge in [0.1, 0.15) is 10.7 Å². The van der Waals surface area contributed by atoms with Crippen LogP contribution in [-0.4, -0.2) is 18.5 Å². The van der Waals surface area contributed by atoms with E-state index in [2.05, 4.69) is 5.32 Å². The smallest absolute Gasteiger partial charge is 0.349 e. The molecular formula is C15H14FNO3S. The van der Waals surface area contributed by atoms with Gasteiger partial charge in [-0.15, -0.1) is 11.3 Å². The van der Waals surface area contributed by atoms with E-state index in [9.17, 15) is 14.0 Å². The molecule has 1 amide bonds. The number of benzene rings is 1. The number of rotatable bonds is 4. The summed E-state index contributed by atoms with van der Waals surface area (Å²) in [4.78, 5) is 23.9. The van der Waals surface area contributed by atoms with E-state index in [1.807, 2.05) is 0 Å². The topological polar surface area (TPSA) is 55.4 Å². The number of ether oxygens (including phenoxy) is 1. The molecule has 0 aliphatic rings. The lowest BCUT2D eigenvalue weighted by Gasteiger charge is -2.07. The summed E-state index contributed by atoms with van der Waals surface area (Å²) in [6, 6.07) is 6.17. The van der Waals surface area contributed by atoms with Crippen LogP contribution in [0.5, 0.6) is 0 Å². The normalized spacial score (nSPS) is 10.2. The number of carbonyl (C=O) groups is 2. The van der Waals surface area contributed by atoms with Gasteiger partial charge in [-0.25, -0.2) is 9.18 Å². The molecule has 0 saturated carbocycles. The Labute approximate surface area is 125 Å². The predicted molar refractivity (Wildman–Crippen MR) is 79.1 cm³/mol. The minimum Gasteiger partial charge on any atom is -0.451 e. The minimum atomic E-state index is -0.535. The Morgan fingerprint density at radius 1 is 1.24 bits per heavy atom. The molecule has 1 N–H and O–H groups in total. The van der Waals surface area contributed by atoms with E-state index >= 15 is 0 Å². The molecule has 0 radical (unpaired) electrons. The lowest BCUT2D eigenvalue weighted by molar-refractivity contribution is -0.119. The van der Waals surface area contributed by atoms with E-state index in [1.54, 1.807) is 37.4 Å². The Balaban J connectivity index is 1.89. The third-order valence-electron chi connectivity index (χ3n) is 2.84. The second-order valence-electron chi connectivity index (χ2n) is 4.52. The first kappa shape index (κ1) is 15.2. The lowest BCUT2D eigenvalue weighted by Crippen LogP contribution is -2.20. The molecule has 0 aliphatic heterocycles. The number of amides is 1. The van der Waals surface area contributed by atoms with E-state index in [0.29, 0.717) is 16.1 Å². The van der Waals surface area contributed by atoms with Gasteiger partial charge in [0, 0.05) is 5.69 Å². The van der Waals surface area contributed by atoms with Crippen molar-refractivity contribution in [3.8, 4) is 0 Å². The average Bonchev–Trinajstić information content (AvgIpc) is 2.86. The van der Waals surface area contributed by atoms with E-state index in [0.717, 1.165) is 5.56 Å². The molecule has 1 aromatic carbocycles.